The Kier molecular flexibility index (Phi) is 9.55. The third kappa shape index (κ3) is 7.38. The molecule has 4 rings (SSSR count). The molecule has 0 spiro atoms. The summed E-state index contributed by atoms with van der Waals surface area (Å²) in [6.07, 6.45) is -3.79. The first-order valence-electron chi connectivity index (χ1n) is 13.2. The molecule has 5 nitrogen and oxygen atoms in total. The number of hydrogen-bond donors (Lipinski definition) is 2. The van der Waals surface area contributed by atoms with E-state index in [0.29, 0.717) is 28.1 Å². The fraction of sp³-hybridized carbons (Fsp3) is 0.250. The van der Waals surface area contributed by atoms with Crippen molar-refractivity contribution in [2.45, 2.75) is 44.4 Å². The third-order valence-electron chi connectivity index (χ3n) is 6.83. The summed E-state index contributed by atoms with van der Waals surface area (Å²) < 4.78 is 47.8. The molecule has 0 bridgehead atoms. The molecule has 0 heterocycles. The lowest BCUT2D eigenvalue weighted by Gasteiger charge is -2.30. The van der Waals surface area contributed by atoms with Crippen molar-refractivity contribution in [1.82, 2.24) is 5.32 Å². The van der Waals surface area contributed by atoms with Crippen LogP contribution >= 0.6 is 11.6 Å². The number of hydrogen-bond acceptors (Lipinski definition) is 3. The Morgan fingerprint density at radius 2 is 1.54 bits per heavy atom. The first-order valence-corrected chi connectivity index (χ1v) is 13.6. The number of carbonyl (C=O) groups is 2. The average molecular weight is 584 g/mol. The highest BCUT2D eigenvalue weighted by molar-refractivity contribution is 6.30. The molecule has 0 aliphatic heterocycles. The van der Waals surface area contributed by atoms with E-state index in [2.05, 4.69) is 5.32 Å². The first-order chi connectivity index (χ1) is 19.6. The molecule has 2 atom stereocenters. The molecule has 2 N–H and O–H groups in total. The van der Waals surface area contributed by atoms with Gasteiger partial charge in [-0.05, 0) is 59.3 Å². The van der Waals surface area contributed by atoms with Crippen LogP contribution in [0.5, 0.6) is 5.75 Å². The number of aliphatic carboxylic acids is 1. The molecule has 4 aromatic rings. The SMILES string of the molecule is CCC[C@H](c1ccc(C(=O)NCCC(=O)O)cc1)[C@@H](Oc1ccc(C(F)(F)F)c2ccccc12)c1ccc(Cl)cc1. The van der Waals surface area contributed by atoms with Gasteiger partial charge in [0.15, 0.2) is 0 Å². The van der Waals surface area contributed by atoms with Crippen LogP contribution in [0.1, 0.15) is 65.3 Å². The van der Waals surface area contributed by atoms with Crippen LogP contribution in [-0.2, 0) is 11.0 Å². The van der Waals surface area contributed by atoms with E-state index >= 15 is 0 Å². The number of halogens is 4. The number of alkyl halides is 3. The smallest absolute Gasteiger partial charge is 0.417 e. The minimum Gasteiger partial charge on any atom is -0.484 e. The van der Waals surface area contributed by atoms with Crippen LogP contribution in [0.15, 0.2) is 84.9 Å². The highest BCUT2D eigenvalue weighted by Crippen LogP contribution is 2.43. The first kappa shape index (κ1) is 29.9. The summed E-state index contributed by atoms with van der Waals surface area (Å²) in [7, 11) is 0. The van der Waals surface area contributed by atoms with Gasteiger partial charge in [-0.3, -0.25) is 9.59 Å². The van der Waals surface area contributed by atoms with E-state index in [9.17, 15) is 22.8 Å². The average Bonchev–Trinajstić information content (AvgIpc) is 2.94. The number of nitrogens with one attached hydrogen (secondary N) is 1. The third-order valence-corrected chi connectivity index (χ3v) is 7.08. The summed E-state index contributed by atoms with van der Waals surface area (Å²) in [6, 6.07) is 22.8. The molecule has 0 saturated carbocycles. The number of benzene rings is 4. The van der Waals surface area contributed by atoms with E-state index < -0.39 is 23.8 Å². The summed E-state index contributed by atoms with van der Waals surface area (Å²) in [5.74, 6) is -1.28. The molecule has 214 valence electrons. The van der Waals surface area contributed by atoms with Crippen molar-refractivity contribution in [2.75, 3.05) is 6.54 Å². The standard InChI is InChI=1S/C32H29ClF3NO4/c1-2-5-24(20-8-10-22(11-9-20)31(40)37-19-18-29(38)39)30(21-12-14-23(33)15-13-21)41-28-17-16-27(32(34,35)36)25-6-3-4-7-26(25)28/h3-4,6-17,24,30H,2,5,18-19H2,1H3,(H,37,40)(H,38,39)/t24-,30+/m1/s1. The molecule has 0 aliphatic carbocycles. The van der Waals surface area contributed by atoms with Gasteiger partial charge in [-0.25, -0.2) is 0 Å². The normalized spacial score (nSPS) is 13.0. The lowest BCUT2D eigenvalue weighted by atomic mass is 9.85. The van der Waals surface area contributed by atoms with Crippen LogP contribution < -0.4 is 10.1 Å². The van der Waals surface area contributed by atoms with Crippen LogP contribution in [0.4, 0.5) is 13.2 Å². The van der Waals surface area contributed by atoms with Crippen LogP contribution in [-0.4, -0.2) is 23.5 Å². The number of carbonyl (C=O) groups excluding carboxylic acids is 1. The Morgan fingerprint density at radius 3 is 2.15 bits per heavy atom. The van der Waals surface area contributed by atoms with Crippen molar-refractivity contribution >= 4 is 34.2 Å². The lowest BCUT2D eigenvalue weighted by molar-refractivity contribution is -0.137. The molecule has 0 saturated heterocycles. The zero-order valence-corrected chi connectivity index (χ0v) is 23.0. The van der Waals surface area contributed by atoms with Gasteiger partial charge in [-0.1, -0.05) is 73.5 Å². The van der Waals surface area contributed by atoms with E-state index in [4.69, 9.17) is 21.4 Å². The van der Waals surface area contributed by atoms with Gasteiger partial charge >= 0.3 is 12.1 Å². The van der Waals surface area contributed by atoms with E-state index in [0.717, 1.165) is 23.6 Å². The Labute approximate surface area is 240 Å². The van der Waals surface area contributed by atoms with Gasteiger partial charge in [0.05, 0.1) is 12.0 Å². The molecule has 1 amide bonds. The zero-order valence-electron chi connectivity index (χ0n) is 22.2. The second-order valence-electron chi connectivity index (χ2n) is 9.66. The van der Waals surface area contributed by atoms with Gasteiger partial charge in [0.2, 0.25) is 0 Å². The molecule has 41 heavy (non-hydrogen) atoms. The van der Waals surface area contributed by atoms with Crippen LogP contribution in [0, 0.1) is 0 Å². The van der Waals surface area contributed by atoms with Gasteiger partial charge in [-0.15, -0.1) is 0 Å². The molecule has 0 unspecified atom stereocenters. The van der Waals surface area contributed by atoms with Crippen LogP contribution in [0.3, 0.4) is 0 Å². The van der Waals surface area contributed by atoms with Crippen molar-refractivity contribution in [1.29, 1.82) is 0 Å². The van der Waals surface area contributed by atoms with E-state index in [1.165, 1.54) is 12.1 Å². The largest absolute Gasteiger partial charge is 0.484 e. The zero-order chi connectivity index (χ0) is 29.6. The van der Waals surface area contributed by atoms with Crippen LogP contribution in [0.25, 0.3) is 10.8 Å². The van der Waals surface area contributed by atoms with Gasteiger partial charge in [0.25, 0.3) is 5.91 Å². The van der Waals surface area contributed by atoms with Crippen molar-refractivity contribution in [3.63, 3.8) is 0 Å². The molecule has 4 aromatic carbocycles. The number of ether oxygens (including phenoxy) is 1. The van der Waals surface area contributed by atoms with E-state index in [1.54, 1.807) is 42.5 Å². The summed E-state index contributed by atoms with van der Waals surface area (Å²) >= 11 is 6.16. The predicted molar refractivity (Wildman–Crippen MR) is 152 cm³/mol. The van der Waals surface area contributed by atoms with Gasteiger partial charge in [-0.2, -0.15) is 13.2 Å². The summed E-state index contributed by atoms with van der Waals surface area (Å²) in [5, 5.41) is 12.3. The number of carboxylic acid groups (broad SMARTS) is 1. The van der Waals surface area contributed by atoms with Gasteiger partial charge in [0, 0.05) is 28.4 Å². The fourth-order valence-electron chi connectivity index (χ4n) is 4.86. The molecular weight excluding hydrogens is 555 g/mol. The summed E-state index contributed by atoms with van der Waals surface area (Å²) in [4.78, 5) is 23.2. The summed E-state index contributed by atoms with van der Waals surface area (Å²) in [5.41, 5.74) is 1.33. The second kappa shape index (κ2) is 13.1. The fourth-order valence-corrected chi connectivity index (χ4v) is 4.99. The maximum absolute atomic E-state index is 13.8. The highest BCUT2D eigenvalue weighted by Gasteiger charge is 2.34. The Morgan fingerprint density at radius 1 is 0.902 bits per heavy atom. The van der Waals surface area contributed by atoms with Crippen molar-refractivity contribution in [3.8, 4) is 5.75 Å². The number of rotatable bonds is 11. The molecule has 0 aromatic heterocycles. The maximum Gasteiger partial charge on any atom is 0.417 e. The second-order valence-corrected chi connectivity index (χ2v) is 10.1. The van der Waals surface area contributed by atoms with E-state index in [-0.39, 0.29) is 30.2 Å². The monoisotopic (exact) mass is 583 g/mol. The van der Waals surface area contributed by atoms with E-state index in [1.807, 2.05) is 31.2 Å². The number of amides is 1. The van der Waals surface area contributed by atoms with Crippen molar-refractivity contribution < 1.29 is 32.6 Å². The Hall–Kier alpha value is -4.04. The van der Waals surface area contributed by atoms with Crippen molar-refractivity contribution in [3.05, 3.63) is 112 Å². The minimum absolute atomic E-state index is 0.0158. The highest BCUT2D eigenvalue weighted by atomic mass is 35.5. The van der Waals surface area contributed by atoms with Crippen LogP contribution in [0.2, 0.25) is 5.02 Å². The molecular formula is C32H29ClF3NO4. The quantitative estimate of drug-likeness (QED) is 0.186. The van der Waals surface area contributed by atoms with Gasteiger partial charge < -0.3 is 15.2 Å². The molecule has 0 aliphatic rings. The minimum atomic E-state index is -4.51. The molecule has 0 fully saturated rings. The predicted octanol–water partition coefficient (Wildman–Crippen LogP) is 8.42. The summed E-state index contributed by atoms with van der Waals surface area (Å²) in [6.45, 7) is 2.05. The Balaban J connectivity index is 1.72. The number of fused-ring (bicyclic) bond motifs is 1. The lowest BCUT2D eigenvalue weighted by Crippen LogP contribution is -2.26. The van der Waals surface area contributed by atoms with Crippen molar-refractivity contribution in [2.24, 2.45) is 0 Å². The maximum atomic E-state index is 13.8. The number of carboxylic acids is 1. The molecule has 9 heteroatoms. The Bertz CT molecular complexity index is 1500. The topological polar surface area (TPSA) is 75.6 Å². The van der Waals surface area contributed by atoms with Gasteiger partial charge in [0.1, 0.15) is 11.9 Å². The molecule has 0 radical (unpaired) electrons.